The molecule has 2 atom stereocenters. The Morgan fingerprint density at radius 1 is 0.338 bits per heavy atom. The second kappa shape index (κ2) is 44.5. The second-order valence-electron chi connectivity index (χ2n) is 34.2. The highest BCUT2D eigenvalue weighted by Crippen LogP contribution is 2.48. The van der Waals surface area contributed by atoms with Crippen molar-refractivity contribution >= 4 is 64.1 Å². The molecule has 0 aliphatic carbocycles. The van der Waals surface area contributed by atoms with Crippen LogP contribution in [0.4, 0.5) is 39.8 Å². The number of para-hydroxylation sites is 3. The topological polar surface area (TPSA) is 162 Å². The number of ether oxygens (including phenoxy) is 4. The Hall–Kier alpha value is -17.4. The maximum absolute atomic E-state index is 9.76. The zero-order chi connectivity index (χ0) is 93.8. The van der Waals surface area contributed by atoms with Gasteiger partial charge in [-0.15, -0.1) is 0 Å². The van der Waals surface area contributed by atoms with Crippen molar-refractivity contribution in [3.05, 3.63) is 515 Å². The molecule has 0 aromatic heterocycles. The third-order valence-corrected chi connectivity index (χ3v) is 25.4. The van der Waals surface area contributed by atoms with Crippen molar-refractivity contribution in [3.63, 3.8) is 0 Å². The first-order valence-electron chi connectivity index (χ1n) is 46.1. The Morgan fingerprint density at radius 3 is 1.11 bits per heavy atom. The van der Waals surface area contributed by atoms with Crippen LogP contribution in [0.5, 0.6) is 0 Å². The first kappa shape index (κ1) is 91.9. The molecule has 19 rings (SSSR count). The zero-order valence-corrected chi connectivity index (χ0v) is 75.9. The molecule has 0 amide bonds. The Bertz CT molecular complexity index is 6850. The maximum atomic E-state index is 9.76. The third kappa shape index (κ3) is 22.3. The average Bonchev–Trinajstić information content (AvgIpc) is 0.795. The van der Waals surface area contributed by atoms with Gasteiger partial charge in [-0.3, -0.25) is 0 Å². The van der Waals surface area contributed by atoms with Crippen LogP contribution in [0.15, 0.2) is 408 Å². The molecule has 8 heterocycles. The van der Waals surface area contributed by atoms with E-state index in [9.17, 15) is 15.8 Å². The van der Waals surface area contributed by atoms with Crippen molar-refractivity contribution in [1.82, 2.24) is 0 Å². The van der Waals surface area contributed by atoms with E-state index in [0.29, 0.717) is 72.0 Å². The van der Waals surface area contributed by atoms with Crippen molar-refractivity contribution in [2.75, 3.05) is 58.9 Å². The standard InChI is InChI=1S/C37H29N3O.C32H27N3O.C31H25N3O.C20H19N3O/c1-39-35(27-38)30-25-34(41-37(26-30,31-13-4-2-5-14-31)32-15-6-3-7-16-32)23-20-28-18-21-33(22-19-28)40-24-10-12-29-11-8-9-17-36(29)40;1-32(27-11-4-3-5-12-27)22-26(30(23-33)34-2)21-29(36-32)19-16-24-14-17-28(18-15-24)35-20-8-10-25-9-6-7-13-31(25)35;1-33-29(22-32)26-20-28(35-31(21-26)25-9-3-2-4-10-25)18-15-23-13-16-27(17-14-23)34-19-7-11-24-8-5-6-12-30(24)34;1-22-20(15-21)17-10-13-24-19(14-17)9-6-16-4-7-18(8-5-16)23-11-2-3-12-23/h2-9,11,13-23,25H,10,12,24,26H2;3-7,9,11-19,21H,8,10,20,22H2,1H3;2-6,8-10,12-18,20,31H,7,11,19,21H2;4-9,14H,2-3,10-13H2/b23-20+,35-30+;19-16+,30-26+;18-15+,29-26+;9-6+,20-17-. The fraction of sp³-hybridized carbons (Fsp3) is 0.183. The number of hydrogen-bond donors (Lipinski definition) is 0. The van der Waals surface area contributed by atoms with Crippen molar-refractivity contribution in [2.45, 2.75) is 101 Å². The molecule has 0 radical (unpaired) electrons. The van der Waals surface area contributed by atoms with E-state index in [0.717, 1.165) is 121 Å². The lowest BCUT2D eigenvalue weighted by Crippen LogP contribution is -2.34. The van der Waals surface area contributed by atoms with Crippen molar-refractivity contribution in [1.29, 1.82) is 21.0 Å². The summed E-state index contributed by atoms with van der Waals surface area (Å²) >= 11 is 0. The van der Waals surface area contributed by atoms with E-state index in [1.54, 1.807) is 6.08 Å². The molecule has 0 spiro atoms. The predicted molar refractivity (Wildman–Crippen MR) is 542 cm³/mol. The minimum absolute atomic E-state index is 0.0848. The highest BCUT2D eigenvalue weighted by Gasteiger charge is 2.41. The molecule has 664 valence electrons. The number of aryl methyl sites for hydroxylation is 3. The van der Waals surface area contributed by atoms with E-state index in [1.165, 1.54) is 69.3 Å². The number of rotatable bonds is 16. The molecule has 11 aromatic carbocycles. The molecule has 1 fully saturated rings. The highest BCUT2D eigenvalue weighted by atomic mass is 16.5. The van der Waals surface area contributed by atoms with Gasteiger partial charge < -0.3 is 38.5 Å². The van der Waals surface area contributed by atoms with Crippen LogP contribution < -0.4 is 19.6 Å². The van der Waals surface area contributed by atoms with Crippen molar-refractivity contribution in [2.24, 2.45) is 0 Å². The van der Waals surface area contributed by atoms with Gasteiger partial charge in [-0.25, -0.2) is 40.4 Å². The van der Waals surface area contributed by atoms with E-state index < -0.39 is 11.2 Å². The van der Waals surface area contributed by atoms with Gasteiger partial charge in [-0.05, 0) is 252 Å². The summed E-state index contributed by atoms with van der Waals surface area (Å²) in [4.78, 5) is 23.3. The molecule has 8 aliphatic rings. The predicted octanol–water partition coefficient (Wildman–Crippen LogP) is 28.3. The molecular weight excluding hydrogens is 1670 g/mol. The first-order chi connectivity index (χ1) is 66.8. The van der Waals surface area contributed by atoms with E-state index >= 15 is 0 Å². The number of allylic oxidation sites excluding steroid dienone is 12. The lowest BCUT2D eigenvalue weighted by atomic mass is 9.79. The van der Waals surface area contributed by atoms with E-state index in [1.807, 2.05) is 213 Å². The number of benzene rings is 11. The number of anilines is 7. The Kier molecular flexibility index (Phi) is 30.1. The largest absolute Gasteiger partial charge is 0.493 e. The summed E-state index contributed by atoms with van der Waals surface area (Å²) in [6.07, 6.45) is 34.0. The summed E-state index contributed by atoms with van der Waals surface area (Å²) in [5, 5.41) is 37.6. The van der Waals surface area contributed by atoms with Crippen LogP contribution in [0, 0.1) is 71.6 Å². The normalized spacial score (nSPS) is 18.8. The van der Waals surface area contributed by atoms with Crippen molar-refractivity contribution < 1.29 is 18.9 Å². The second-order valence-corrected chi connectivity index (χ2v) is 34.2. The molecule has 16 nitrogen and oxygen atoms in total. The minimum Gasteiger partial charge on any atom is -0.493 e. The smallest absolute Gasteiger partial charge is 0.265 e. The molecule has 136 heavy (non-hydrogen) atoms. The molecule has 16 heteroatoms. The number of nitrogens with zero attached hydrogens (tertiary/aromatic N) is 12. The minimum atomic E-state index is -0.870. The molecule has 8 aliphatic heterocycles. The van der Waals surface area contributed by atoms with Crippen LogP contribution in [0.2, 0.25) is 0 Å². The molecule has 2 unspecified atom stereocenters. The molecule has 0 N–H and O–H groups in total. The van der Waals surface area contributed by atoms with E-state index in [2.05, 4.69) is 215 Å². The molecule has 0 bridgehead atoms. The SMILES string of the molecule is [C-]#[N+]/C(C#N)=C1C=C(/C=C/c2ccc(N3CCCC3)cc2)OCC\1.[C-]#[N+]/C(C#N)=C1C=C(/C=C/c2ccc(N3CCCc4ccccc43)cc2)OC(C)(c2ccccc2)C\1.[C-]#[N+]/C(C#N)=C1C=C(/C=C/c2ccc(N3CCCc4ccccc43)cc2)OC(c2ccccc2)(c2ccccc2)C\1.[C-]#[N+]/C(C#N)=C1C=C(/C=C/c2ccc(N3CCCc4ccccc43)cc2)OC(c2ccccc2)C\1. The van der Waals surface area contributed by atoms with Gasteiger partial charge in [0.05, 0.1) is 57.2 Å². The third-order valence-electron chi connectivity index (χ3n) is 25.4. The summed E-state index contributed by atoms with van der Waals surface area (Å²) in [5.41, 5.74) is 22.9. The highest BCUT2D eigenvalue weighted by molar-refractivity contribution is 5.73. The first-order valence-corrected chi connectivity index (χ1v) is 46.1. The van der Waals surface area contributed by atoms with Gasteiger partial charge in [0.1, 0.15) is 34.7 Å². The van der Waals surface area contributed by atoms with Crippen molar-refractivity contribution in [3.8, 4) is 24.3 Å². The maximum Gasteiger partial charge on any atom is 0.265 e. The van der Waals surface area contributed by atoms with Gasteiger partial charge in [0.25, 0.3) is 22.8 Å². The Labute approximate surface area is 798 Å². The van der Waals surface area contributed by atoms with Gasteiger partial charge in [0.15, 0.2) is 5.60 Å². The van der Waals surface area contributed by atoms with Gasteiger partial charge in [0, 0.05) is 103 Å². The summed E-state index contributed by atoms with van der Waals surface area (Å²) in [5.74, 6) is 2.57. The summed E-state index contributed by atoms with van der Waals surface area (Å²) in [7, 11) is 0. The van der Waals surface area contributed by atoms with Crippen LogP contribution in [0.1, 0.15) is 132 Å². The lowest BCUT2D eigenvalue weighted by molar-refractivity contribution is 0.0143. The molecule has 11 aromatic rings. The van der Waals surface area contributed by atoms with Gasteiger partial charge in [-0.2, -0.15) is 0 Å². The zero-order valence-electron chi connectivity index (χ0n) is 75.9. The Morgan fingerprint density at radius 2 is 0.684 bits per heavy atom. The number of hydrogen-bond acceptors (Lipinski definition) is 12. The van der Waals surface area contributed by atoms with Crippen LogP contribution in [0.25, 0.3) is 43.7 Å². The molecule has 1 saturated heterocycles. The monoisotopic (exact) mass is 1770 g/mol. The number of nitriles is 4. The fourth-order valence-electron chi connectivity index (χ4n) is 18.5. The Balaban J connectivity index is 0.000000133. The molecule has 0 saturated carbocycles. The fourth-order valence-corrected chi connectivity index (χ4v) is 18.5. The molecular formula is C120H100N12O4. The van der Waals surface area contributed by atoms with Gasteiger partial charge >= 0.3 is 0 Å². The lowest BCUT2D eigenvalue weighted by Gasteiger charge is -2.39. The summed E-state index contributed by atoms with van der Waals surface area (Å²) in [6.45, 7) is 37.3. The van der Waals surface area contributed by atoms with Crippen LogP contribution in [-0.4, -0.2) is 39.3 Å². The van der Waals surface area contributed by atoms with E-state index in [4.69, 9.17) is 50.5 Å². The van der Waals surface area contributed by atoms with Gasteiger partial charge in [0.2, 0.25) is 0 Å². The van der Waals surface area contributed by atoms with Crippen LogP contribution >= 0.6 is 0 Å². The average molecular weight is 1770 g/mol. The summed E-state index contributed by atoms with van der Waals surface area (Å²) in [6, 6.07) is 108. The van der Waals surface area contributed by atoms with Gasteiger partial charge in [-0.1, -0.05) is 249 Å². The summed E-state index contributed by atoms with van der Waals surface area (Å²) < 4.78 is 25.1. The van der Waals surface area contributed by atoms with Crippen LogP contribution in [0.3, 0.4) is 0 Å². The van der Waals surface area contributed by atoms with Crippen LogP contribution in [-0.2, 0) is 49.4 Å². The van der Waals surface area contributed by atoms with E-state index in [-0.39, 0.29) is 28.9 Å². The quantitative estimate of drug-likeness (QED) is 0.0666. The number of fused-ring (bicyclic) bond motifs is 3.